The van der Waals surface area contributed by atoms with E-state index in [4.69, 9.17) is 4.42 Å². The minimum absolute atomic E-state index is 0.168. The monoisotopic (exact) mass is 288 g/mol. The number of phenols is 1. The third-order valence-corrected chi connectivity index (χ3v) is 4.72. The molecule has 0 saturated carbocycles. The molecule has 0 amide bonds. The van der Waals surface area contributed by atoms with Crippen LogP contribution in [-0.4, -0.2) is 17.7 Å². The van der Waals surface area contributed by atoms with E-state index in [0.717, 1.165) is 24.0 Å². The van der Waals surface area contributed by atoms with Crippen LogP contribution in [0.4, 0.5) is 0 Å². The van der Waals surface area contributed by atoms with Gasteiger partial charge in [0.15, 0.2) is 0 Å². The summed E-state index contributed by atoms with van der Waals surface area (Å²) in [7, 11) is 0. The highest BCUT2D eigenvalue weighted by Crippen LogP contribution is 2.27. The number of rotatable bonds is 2. The Morgan fingerprint density at radius 1 is 1.38 bits per heavy atom. The highest BCUT2D eigenvalue weighted by atomic mass is 16.4. The summed E-state index contributed by atoms with van der Waals surface area (Å²) in [6.07, 6.45) is 3.79. The molecule has 1 saturated heterocycles. The molecule has 0 spiro atoms. The Morgan fingerprint density at radius 3 is 2.95 bits per heavy atom. The van der Waals surface area contributed by atoms with E-state index in [9.17, 15) is 9.90 Å². The predicted molar refractivity (Wildman–Crippen MR) is 81.7 cm³/mol. The van der Waals surface area contributed by atoms with Crippen LogP contribution < -0.4 is 10.5 Å². The molecule has 1 fully saturated rings. The smallest absolute Gasteiger partial charge is 0.336 e. The first-order valence-corrected chi connectivity index (χ1v) is 7.66. The number of piperidine rings is 1. The molecular formula is C17H22NO3+. The average Bonchev–Trinajstić information content (AvgIpc) is 2.46. The van der Waals surface area contributed by atoms with Crippen LogP contribution in [0, 0.1) is 6.92 Å². The molecule has 4 heteroatoms. The number of aromatic hydroxyl groups is 1. The lowest BCUT2D eigenvalue weighted by Crippen LogP contribution is -3.14. The maximum absolute atomic E-state index is 11.8. The number of likely N-dealkylation sites (tertiary alicyclic amines) is 1. The number of nitrogens with one attached hydrogen (secondary N) is 1. The molecule has 1 aromatic heterocycles. The number of aryl methyl sites for hydroxylation is 1. The van der Waals surface area contributed by atoms with Crippen molar-refractivity contribution >= 4 is 11.0 Å². The maximum atomic E-state index is 11.8. The van der Waals surface area contributed by atoms with Crippen molar-refractivity contribution in [2.75, 3.05) is 6.54 Å². The Kier molecular flexibility index (Phi) is 3.72. The summed E-state index contributed by atoms with van der Waals surface area (Å²) in [6.45, 7) is 6.05. The summed E-state index contributed by atoms with van der Waals surface area (Å²) in [5.74, 6) is 0.168. The molecular weight excluding hydrogens is 266 g/mol. The zero-order valence-electron chi connectivity index (χ0n) is 12.6. The predicted octanol–water partition coefficient (Wildman–Crippen LogP) is 1.76. The summed E-state index contributed by atoms with van der Waals surface area (Å²) in [6, 6.07) is 5.76. The van der Waals surface area contributed by atoms with Gasteiger partial charge in [-0.05, 0) is 45.2 Å². The first-order valence-electron chi connectivity index (χ1n) is 7.66. The lowest BCUT2D eigenvalue weighted by Gasteiger charge is -2.30. The Morgan fingerprint density at radius 2 is 2.19 bits per heavy atom. The number of quaternary nitrogens is 1. The largest absolute Gasteiger partial charge is 0.508 e. The van der Waals surface area contributed by atoms with Crippen LogP contribution in [-0.2, 0) is 6.54 Å². The van der Waals surface area contributed by atoms with Gasteiger partial charge >= 0.3 is 5.63 Å². The number of hydrogen-bond acceptors (Lipinski definition) is 3. The summed E-state index contributed by atoms with van der Waals surface area (Å²) in [5.41, 5.74) is 1.83. The van der Waals surface area contributed by atoms with Gasteiger partial charge in [-0.2, -0.15) is 0 Å². The number of fused-ring (bicyclic) bond motifs is 1. The minimum atomic E-state index is -0.338. The summed E-state index contributed by atoms with van der Waals surface area (Å²) in [5, 5.41) is 10.7. The topological polar surface area (TPSA) is 54.9 Å². The first-order chi connectivity index (χ1) is 10.1. The van der Waals surface area contributed by atoms with Crippen LogP contribution in [0.5, 0.6) is 5.75 Å². The zero-order valence-corrected chi connectivity index (χ0v) is 12.6. The summed E-state index contributed by atoms with van der Waals surface area (Å²) < 4.78 is 5.31. The molecule has 0 radical (unpaired) electrons. The van der Waals surface area contributed by atoms with Crippen molar-refractivity contribution in [2.24, 2.45) is 0 Å². The molecule has 2 N–H and O–H groups in total. The van der Waals surface area contributed by atoms with Gasteiger partial charge in [-0.15, -0.1) is 0 Å². The molecule has 0 aliphatic carbocycles. The van der Waals surface area contributed by atoms with E-state index in [2.05, 4.69) is 6.92 Å². The lowest BCUT2D eigenvalue weighted by molar-refractivity contribution is -0.941. The summed E-state index contributed by atoms with van der Waals surface area (Å²) in [4.78, 5) is 13.4. The fourth-order valence-corrected chi connectivity index (χ4v) is 3.32. The second kappa shape index (κ2) is 5.53. The average molecular weight is 288 g/mol. The Hall–Kier alpha value is -1.81. The standard InChI is InChI=1S/C17H21NO3/c1-11-5-3-4-8-18(11)10-13-9-16(20)21-17-12(2)15(19)7-6-14(13)17/h6-7,9,11,19H,3-5,8,10H2,1-2H3/p+1/t11-/m0/s1. The van der Waals surface area contributed by atoms with Crippen LogP contribution in [0.25, 0.3) is 11.0 Å². The SMILES string of the molecule is Cc1c(O)ccc2c(C[NH+]3CCCC[C@@H]3C)cc(=O)oc12. The number of hydrogen-bond donors (Lipinski definition) is 2. The molecule has 1 aliphatic heterocycles. The van der Waals surface area contributed by atoms with E-state index in [1.54, 1.807) is 19.1 Å². The molecule has 2 aromatic rings. The van der Waals surface area contributed by atoms with Crippen molar-refractivity contribution in [1.82, 2.24) is 0 Å². The van der Waals surface area contributed by atoms with E-state index < -0.39 is 0 Å². The van der Waals surface area contributed by atoms with Crippen LogP contribution >= 0.6 is 0 Å². The van der Waals surface area contributed by atoms with E-state index >= 15 is 0 Å². The molecule has 1 aliphatic rings. The van der Waals surface area contributed by atoms with Crippen molar-refractivity contribution in [3.05, 3.63) is 39.7 Å². The molecule has 2 heterocycles. The quantitative estimate of drug-likeness (QED) is 0.828. The highest BCUT2D eigenvalue weighted by Gasteiger charge is 2.23. The van der Waals surface area contributed by atoms with Gasteiger partial charge in [-0.3, -0.25) is 0 Å². The van der Waals surface area contributed by atoms with E-state index in [1.807, 2.05) is 6.07 Å². The molecule has 1 unspecified atom stereocenters. The zero-order chi connectivity index (χ0) is 15.0. The maximum Gasteiger partial charge on any atom is 0.336 e. The van der Waals surface area contributed by atoms with Crippen LogP contribution in [0.15, 0.2) is 27.4 Å². The fourth-order valence-electron chi connectivity index (χ4n) is 3.32. The van der Waals surface area contributed by atoms with Crippen molar-refractivity contribution in [3.63, 3.8) is 0 Å². The van der Waals surface area contributed by atoms with Gasteiger partial charge < -0.3 is 14.4 Å². The van der Waals surface area contributed by atoms with Gasteiger partial charge in [-0.25, -0.2) is 4.79 Å². The fraction of sp³-hybridized carbons (Fsp3) is 0.471. The molecule has 21 heavy (non-hydrogen) atoms. The molecule has 2 atom stereocenters. The molecule has 0 bridgehead atoms. The lowest BCUT2D eigenvalue weighted by atomic mass is 10.0. The van der Waals surface area contributed by atoms with Gasteiger partial charge in [0.1, 0.15) is 17.9 Å². The van der Waals surface area contributed by atoms with Gasteiger partial charge in [-0.1, -0.05) is 0 Å². The van der Waals surface area contributed by atoms with Crippen LogP contribution in [0.1, 0.15) is 37.3 Å². The van der Waals surface area contributed by atoms with Crippen molar-refractivity contribution in [1.29, 1.82) is 0 Å². The van der Waals surface area contributed by atoms with Gasteiger partial charge in [0.2, 0.25) is 0 Å². The second-order valence-electron chi connectivity index (χ2n) is 6.16. The molecule has 4 nitrogen and oxygen atoms in total. The molecule has 112 valence electrons. The van der Waals surface area contributed by atoms with Crippen molar-refractivity contribution in [2.45, 2.75) is 45.7 Å². The number of benzene rings is 1. The summed E-state index contributed by atoms with van der Waals surface area (Å²) >= 11 is 0. The van der Waals surface area contributed by atoms with Crippen molar-refractivity contribution in [3.8, 4) is 5.75 Å². The number of phenolic OH excluding ortho intramolecular Hbond substituents is 1. The Balaban J connectivity index is 2.05. The first kappa shape index (κ1) is 14.1. The van der Waals surface area contributed by atoms with Crippen LogP contribution in [0.3, 0.4) is 0 Å². The van der Waals surface area contributed by atoms with Gasteiger partial charge in [0.25, 0.3) is 0 Å². The Labute approximate surface area is 124 Å². The third kappa shape index (κ3) is 2.68. The van der Waals surface area contributed by atoms with Gasteiger partial charge in [0, 0.05) is 22.6 Å². The minimum Gasteiger partial charge on any atom is -0.508 e. The highest BCUT2D eigenvalue weighted by molar-refractivity contribution is 5.84. The van der Waals surface area contributed by atoms with Gasteiger partial charge in [0.05, 0.1) is 12.6 Å². The van der Waals surface area contributed by atoms with E-state index in [1.165, 1.54) is 24.2 Å². The third-order valence-electron chi connectivity index (χ3n) is 4.72. The normalized spacial score (nSPS) is 22.6. The molecule has 3 rings (SSSR count). The van der Waals surface area contributed by atoms with Crippen LogP contribution in [0.2, 0.25) is 0 Å². The van der Waals surface area contributed by atoms with E-state index in [-0.39, 0.29) is 11.4 Å². The van der Waals surface area contributed by atoms with Crippen molar-refractivity contribution < 1.29 is 14.4 Å². The second-order valence-corrected chi connectivity index (χ2v) is 6.16. The van der Waals surface area contributed by atoms with E-state index in [0.29, 0.717) is 17.2 Å². The Bertz CT molecular complexity index is 720. The molecule has 1 aromatic carbocycles.